The Balaban J connectivity index is 2.00. The molecule has 2 aromatic rings. The summed E-state index contributed by atoms with van der Waals surface area (Å²) in [5, 5.41) is 2.61. The molecule has 1 heterocycles. The molecule has 0 spiro atoms. The van der Waals surface area contributed by atoms with Gasteiger partial charge in [0, 0.05) is 16.3 Å². The van der Waals surface area contributed by atoms with Gasteiger partial charge in [0.25, 0.3) is 5.91 Å². The van der Waals surface area contributed by atoms with Gasteiger partial charge in [-0.15, -0.1) is 0 Å². The van der Waals surface area contributed by atoms with Crippen LogP contribution >= 0.6 is 11.6 Å². The number of hydrogen-bond acceptors (Lipinski definition) is 5. The predicted octanol–water partition coefficient (Wildman–Crippen LogP) is 3.65. The van der Waals surface area contributed by atoms with Crippen molar-refractivity contribution in [3.05, 3.63) is 64.2 Å². The van der Waals surface area contributed by atoms with Gasteiger partial charge >= 0.3 is 0 Å². The highest BCUT2D eigenvalue weighted by molar-refractivity contribution is 7.93. The topological polar surface area (TPSA) is 102 Å². The lowest BCUT2D eigenvalue weighted by molar-refractivity contribution is 0.102. The van der Waals surface area contributed by atoms with Crippen LogP contribution in [0.1, 0.15) is 36.7 Å². The monoisotopic (exact) mass is 455 g/mol. The third-order valence-electron chi connectivity index (χ3n) is 5.21. The van der Waals surface area contributed by atoms with Crippen LogP contribution in [-0.4, -0.2) is 30.7 Å². The predicted molar refractivity (Wildman–Crippen MR) is 113 cm³/mol. The van der Waals surface area contributed by atoms with Crippen molar-refractivity contribution in [3.63, 3.8) is 0 Å². The molecule has 0 aromatic heterocycles. The second kappa shape index (κ2) is 7.31. The molecule has 160 valence electrons. The molecule has 0 saturated heterocycles. The minimum absolute atomic E-state index is 0.0566. The van der Waals surface area contributed by atoms with Gasteiger partial charge in [-0.25, -0.2) is 17.2 Å². The van der Waals surface area contributed by atoms with Crippen molar-refractivity contribution < 1.29 is 22.0 Å². The summed E-state index contributed by atoms with van der Waals surface area (Å²) in [6.45, 7) is 4.33. The van der Waals surface area contributed by atoms with Gasteiger partial charge in [-0.3, -0.25) is 9.79 Å². The molecule has 1 aliphatic rings. The van der Waals surface area contributed by atoms with Crippen LogP contribution in [0.15, 0.2) is 41.4 Å². The number of hydrogen-bond donors (Lipinski definition) is 2. The average molecular weight is 456 g/mol. The van der Waals surface area contributed by atoms with Crippen LogP contribution in [0, 0.1) is 11.6 Å². The maximum absolute atomic E-state index is 14.6. The SMILES string of the molecule is CC1(c2cc(NC(=O)c3ccc(Cl)cc3F)ccc2F)CS(=O)(=O)C(C)(C)C(N)=N1. The van der Waals surface area contributed by atoms with Gasteiger partial charge in [-0.1, -0.05) is 11.6 Å². The van der Waals surface area contributed by atoms with Crippen molar-refractivity contribution in [2.24, 2.45) is 10.7 Å². The van der Waals surface area contributed by atoms with Gasteiger partial charge < -0.3 is 11.1 Å². The molecule has 1 atom stereocenters. The molecule has 0 fully saturated rings. The van der Waals surface area contributed by atoms with Gasteiger partial charge in [-0.05, 0) is 57.2 Å². The van der Waals surface area contributed by atoms with Gasteiger partial charge in [0.2, 0.25) is 0 Å². The molecule has 1 amide bonds. The maximum Gasteiger partial charge on any atom is 0.258 e. The summed E-state index contributed by atoms with van der Waals surface area (Å²) in [6.07, 6.45) is 0. The van der Waals surface area contributed by atoms with E-state index in [1.54, 1.807) is 0 Å². The first-order valence-electron chi connectivity index (χ1n) is 8.91. The molecule has 30 heavy (non-hydrogen) atoms. The van der Waals surface area contributed by atoms with E-state index in [4.69, 9.17) is 17.3 Å². The highest BCUT2D eigenvalue weighted by Crippen LogP contribution is 2.38. The number of sulfone groups is 1. The first-order valence-corrected chi connectivity index (χ1v) is 10.9. The smallest absolute Gasteiger partial charge is 0.258 e. The number of halogens is 3. The standard InChI is InChI=1S/C20H20ClF2N3O3S/c1-19(2)18(24)26-20(3,10-30(19,28)29)14-9-12(5-7-15(14)22)25-17(27)13-6-4-11(21)8-16(13)23/h4-9H,10H2,1-3H3,(H2,24,26)(H,25,27). The lowest BCUT2D eigenvalue weighted by Gasteiger charge is -2.38. The lowest BCUT2D eigenvalue weighted by atomic mass is 9.92. The fourth-order valence-electron chi connectivity index (χ4n) is 3.17. The van der Waals surface area contributed by atoms with E-state index in [9.17, 15) is 22.0 Å². The Hall–Kier alpha value is -2.52. The molecule has 6 nitrogen and oxygen atoms in total. The van der Waals surface area contributed by atoms with Crippen molar-refractivity contribution in [2.75, 3.05) is 11.1 Å². The van der Waals surface area contributed by atoms with Crippen LogP contribution in [0.2, 0.25) is 5.02 Å². The molecule has 0 saturated carbocycles. The summed E-state index contributed by atoms with van der Waals surface area (Å²) in [6, 6.07) is 7.21. The molecule has 0 aliphatic carbocycles. The molecule has 1 aliphatic heterocycles. The number of carbonyl (C=O) groups excluding carboxylic acids is 1. The van der Waals surface area contributed by atoms with Gasteiger partial charge in [-0.2, -0.15) is 0 Å². The fourth-order valence-corrected chi connectivity index (χ4v) is 5.01. The third kappa shape index (κ3) is 3.79. The Labute approximate surface area is 178 Å². The molecule has 3 N–H and O–H groups in total. The van der Waals surface area contributed by atoms with Crippen molar-refractivity contribution in [3.8, 4) is 0 Å². The van der Waals surface area contributed by atoms with Crippen LogP contribution in [-0.2, 0) is 15.4 Å². The van der Waals surface area contributed by atoms with Crippen molar-refractivity contribution in [1.29, 1.82) is 0 Å². The summed E-state index contributed by atoms with van der Waals surface area (Å²) in [4.78, 5) is 16.7. The van der Waals surface area contributed by atoms with E-state index in [1.807, 2.05) is 0 Å². The van der Waals surface area contributed by atoms with E-state index in [0.717, 1.165) is 12.1 Å². The second-order valence-corrected chi connectivity index (χ2v) is 10.8. The van der Waals surface area contributed by atoms with E-state index in [1.165, 1.54) is 45.0 Å². The third-order valence-corrected chi connectivity index (χ3v) is 8.15. The van der Waals surface area contributed by atoms with Gasteiger partial charge in [0.1, 0.15) is 27.8 Å². The number of benzene rings is 2. The molecule has 3 rings (SSSR count). The number of rotatable bonds is 3. The summed E-state index contributed by atoms with van der Waals surface area (Å²) in [5.41, 5.74) is 4.25. The highest BCUT2D eigenvalue weighted by Gasteiger charge is 2.49. The molecular formula is C20H20ClF2N3O3S. The fraction of sp³-hybridized carbons (Fsp3) is 0.300. The minimum Gasteiger partial charge on any atom is -0.386 e. The van der Waals surface area contributed by atoms with E-state index in [2.05, 4.69) is 10.3 Å². The first-order chi connectivity index (χ1) is 13.8. The first kappa shape index (κ1) is 22.2. The number of amides is 1. The quantitative estimate of drug-likeness (QED) is 0.737. The highest BCUT2D eigenvalue weighted by atomic mass is 35.5. The largest absolute Gasteiger partial charge is 0.386 e. The Morgan fingerprint density at radius 3 is 2.40 bits per heavy atom. The normalized spacial score (nSPS) is 22.3. The van der Waals surface area contributed by atoms with Crippen LogP contribution in [0.5, 0.6) is 0 Å². The molecule has 0 radical (unpaired) electrons. The number of nitrogens with zero attached hydrogens (tertiary/aromatic N) is 1. The summed E-state index contributed by atoms with van der Waals surface area (Å²) < 4.78 is 52.7. The number of carbonyl (C=O) groups is 1. The molecule has 1 unspecified atom stereocenters. The van der Waals surface area contributed by atoms with Crippen LogP contribution in [0.4, 0.5) is 14.5 Å². The Morgan fingerprint density at radius 1 is 1.13 bits per heavy atom. The van der Waals surface area contributed by atoms with E-state index in [-0.39, 0.29) is 27.7 Å². The summed E-state index contributed by atoms with van der Waals surface area (Å²) in [7, 11) is -3.74. The van der Waals surface area contributed by atoms with Crippen molar-refractivity contribution in [2.45, 2.75) is 31.1 Å². The van der Waals surface area contributed by atoms with Crippen molar-refractivity contribution >= 4 is 38.9 Å². The van der Waals surface area contributed by atoms with Crippen LogP contribution < -0.4 is 11.1 Å². The van der Waals surface area contributed by atoms with E-state index < -0.39 is 43.4 Å². The number of anilines is 1. The number of amidine groups is 1. The van der Waals surface area contributed by atoms with Crippen molar-refractivity contribution in [1.82, 2.24) is 0 Å². The molecule has 0 bridgehead atoms. The number of nitrogens with two attached hydrogens (primary N) is 1. The zero-order chi connectivity index (χ0) is 22.5. The zero-order valence-electron chi connectivity index (χ0n) is 16.5. The lowest BCUT2D eigenvalue weighted by Crippen LogP contribution is -2.55. The van der Waals surface area contributed by atoms with Gasteiger partial charge in [0.05, 0.1) is 11.3 Å². The summed E-state index contributed by atoms with van der Waals surface area (Å²) in [5.74, 6) is -2.89. The van der Waals surface area contributed by atoms with Crippen LogP contribution in [0.25, 0.3) is 0 Å². The Bertz CT molecular complexity index is 1180. The minimum atomic E-state index is -3.74. The zero-order valence-corrected chi connectivity index (χ0v) is 18.0. The Kier molecular flexibility index (Phi) is 5.41. The molecule has 2 aromatic carbocycles. The maximum atomic E-state index is 14.6. The molecular weight excluding hydrogens is 436 g/mol. The van der Waals surface area contributed by atoms with Gasteiger partial charge in [0.15, 0.2) is 9.84 Å². The summed E-state index contributed by atoms with van der Waals surface area (Å²) >= 11 is 5.69. The Morgan fingerprint density at radius 2 is 1.80 bits per heavy atom. The van der Waals surface area contributed by atoms with E-state index in [0.29, 0.717) is 0 Å². The van der Waals surface area contributed by atoms with E-state index >= 15 is 0 Å². The number of aliphatic imine (C=N–C) groups is 1. The second-order valence-electron chi connectivity index (χ2n) is 7.81. The molecule has 10 heteroatoms. The number of nitrogens with one attached hydrogen (secondary N) is 1. The average Bonchev–Trinajstić information content (AvgIpc) is 2.61. The van der Waals surface area contributed by atoms with Crippen LogP contribution in [0.3, 0.4) is 0 Å².